The van der Waals surface area contributed by atoms with Crippen molar-refractivity contribution in [3.8, 4) is 0 Å². The maximum Gasteiger partial charge on any atom is 0.220 e. The number of carbonyl (C=O) groups excluding carboxylic acids is 1. The summed E-state index contributed by atoms with van der Waals surface area (Å²) in [5.41, 5.74) is 0.197. The second-order valence-electron chi connectivity index (χ2n) is 6.88. The number of hydrogen-bond donors (Lipinski definition) is 2. The Balaban J connectivity index is 1.75. The molecule has 2 saturated heterocycles. The molecule has 0 saturated carbocycles. The molecule has 20 heavy (non-hydrogen) atoms. The van der Waals surface area contributed by atoms with E-state index < -0.39 is 9.84 Å². The van der Waals surface area contributed by atoms with Gasteiger partial charge in [-0.3, -0.25) is 4.79 Å². The molecule has 116 valence electrons. The fraction of sp³-hybridized carbons (Fsp3) is 0.929. The minimum absolute atomic E-state index is 0.00678. The molecule has 2 heterocycles. The van der Waals surface area contributed by atoms with Crippen LogP contribution in [0.1, 0.15) is 39.5 Å². The Morgan fingerprint density at radius 2 is 2.15 bits per heavy atom. The molecular formula is C14H26N2O3S. The summed E-state index contributed by atoms with van der Waals surface area (Å²) in [5, 5.41) is 6.43. The molecule has 1 amide bonds. The number of piperidine rings is 1. The molecule has 2 aliphatic rings. The van der Waals surface area contributed by atoms with Gasteiger partial charge in [0.1, 0.15) is 0 Å². The van der Waals surface area contributed by atoms with Crippen LogP contribution in [0, 0.1) is 11.3 Å². The van der Waals surface area contributed by atoms with E-state index in [1.807, 2.05) is 0 Å². The molecule has 2 fully saturated rings. The summed E-state index contributed by atoms with van der Waals surface area (Å²) in [5.74, 6) is 0.401. The predicted octanol–water partition coefficient (Wildman–Crippen LogP) is 0.706. The average molecular weight is 302 g/mol. The van der Waals surface area contributed by atoms with Crippen molar-refractivity contribution in [1.82, 2.24) is 10.6 Å². The van der Waals surface area contributed by atoms with Gasteiger partial charge in [0.05, 0.1) is 11.5 Å². The smallest absolute Gasteiger partial charge is 0.220 e. The summed E-state index contributed by atoms with van der Waals surface area (Å²) in [4.78, 5) is 11.9. The van der Waals surface area contributed by atoms with Gasteiger partial charge < -0.3 is 10.6 Å². The molecule has 6 heteroatoms. The zero-order valence-corrected chi connectivity index (χ0v) is 13.3. The number of carbonyl (C=O) groups is 1. The van der Waals surface area contributed by atoms with Crippen LogP contribution in [0.15, 0.2) is 0 Å². The highest BCUT2D eigenvalue weighted by Gasteiger charge is 2.33. The van der Waals surface area contributed by atoms with Crippen LogP contribution in [0.25, 0.3) is 0 Å². The molecule has 2 rings (SSSR count). The van der Waals surface area contributed by atoms with Gasteiger partial charge in [-0.15, -0.1) is 0 Å². The predicted molar refractivity (Wildman–Crippen MR) is 79.2 cm³/mol. The Labute approximate surface area is 121 Å². The molecule has 0 bridgehead atoms. The highest BCUT2D eigenvalue weighted by Crippen LogP contribution is 2.29. The number of sulfone groups is 1. The Hall–Kier alpha value is -0.620. The van der Waals surface area contributed by atoms with Crippen LogP contribution in [-0.4, -0.2) is 45.0 Å². The molecule has 5 nitrogen and oxygen atoms in total. The van der Waals surface area contributed by atoms with Gasteiger partial charge in [0.2, 0.25) is 5.91 Å². The molecule has 0 aliphatic carbocycles. The molecule has 2 N–H and O–H groups in total. The molecule has 0 aromatic heterocycles. The van der Waals surface area contributed by atoms with Crippen LogP contribution in [0.2, 0.25) is 0 Å². The van der Waals surface area contributed by atoms with Crippen LogP contribution < -0.4 is 10.6 Å². The first-order valence-corrected chi connectivity index (χ1v) is 9.31. The van der Waals surface area contributed by atoms with Gasteiger partial charge in [0, 0.05) is 19.0 Å². The standard InChI is InChI=1S/C14H26N2O3S/c1-14(2)5-3-6-15-12(14)9-16-13(17)8-11-4-7-20(18,19)10-11/h11-12,15H,3-10H2,1-2H3,(H,16,17). The number of rotatable bonds is 4. The normalized spacial score (nSPS) is 31.9. The van der Waals surface area contributed by atoms with E-state index >= 15 is 0 Å². The minimum atomic E-state index is -2.89. The second-order valence-corrected chi connectivity index (χ2v) is 9.10. The second kappa shape index (κ2) is 6.02. The summed E-state index contributed by atoms with van der Waals surface area (Å²) in [7, 11) is -2.89. The molecule has 2 atom stereocenters. The number of amides is 1. The van der Waals surface area contributed by atoms with Gasteiger partial charge in [0.25, 0.3) is 0 Å². The van der Waals surface area contributed by atoms with E-state index in [0.717, 1.165) is 6.54 Å². The molecular weight excluding hydrogens is 276 g/mol. The summed E-state index contributed by atoms with van der Waals surface area (Å²) in [6.45, 7) is 6.08. The first-order chi connectivity index (χ1) is 9.28. The van der Waals surface area contributed by atoms with Crippen LogP contribution >= 0.6 is 0 Å². The van der Waals surface area contributed by atoms with Crippen molar-refractivity contribution >= 4 is 15.7 Å². The first kappa shape index (κ1) is 15.8. The zero-order valence-electron chi connectivity index (χ0n) is 12.4. The van der Waals surface area contributed by atoms with E-state index in [4.69, 9.17) is 0 Å². The van der Waals surface area contributed by atoms with Gasteiger partial charge >= 0.3 is 0 Å². The van der Waals surface area contributed by atoms with E-state index in [1.54, 1.807) is 0 Å². The van der Waals surface area contributed by atoms with E-state index in [0.29, 0.717) is 25.4 Å². The third kappa shape index (κ3) is 4.19. The van der Waals surface area contributed by atoms with Crippen molar-refractivity contribution in [2.45, 2.75) is 45.6 Å². The lowest BCUT2D eigenvalue weighted by atomic mass is 9.77. The Bertz CT molecular complexity index is 459. The monoisotopic (exact) mass is 302 g/mol. The molecule has 0 aromatic rings. The Kier molecular flexibility index (Phi) is 4.74. The van der Waals surface area contributed by atoms with Crippen molar-refractivity contribution in [3.63, 3.8) is 0 Å². The van der Waals surface area contributed by atoms with Gasteiger partial charge in [-0.25, -0.2) is 8.42 Å². The van der Waals surface area contributed by atoms with Crippen molar-refractivity contribution in [2.75, 3.05) is 24.6 Å². The van der Waals surface area contributed by atoms with Crippen LogP contribution in [-0.2, 0) is 14.6 Å². The topological polar surface area (TPSA) is 75.3 Å². The maximum atomic E-state index is 11.9. The molecule has 2 aliphatic heterocycles. The highest BCUT2D eigenvalue weighted by atomic mass is 32.2. The average Bonchev–Trinajstić information content (AvgIpc) is 2.66. The molecule has 0 spiro atoms. The lowest BCUT2D eigenvalue weighted by Gasteiger charge is -2.39. The fourth-order valence-corrected chi connectivity index (χ4v) is 5.06. The van der Waals surface area contributed by atoms with E-state index in [-0.39, 0.29) is 28.7 Å². The van der Waals surface area contributed by atoms with Crippen LogP contribution in [0.5, 0.6) is 0 Å². The summed E-state index contributed by atoms with van der Waals surface area (Å²) in [6.07, 6.45) is 3.31. The van der Waals surface area contributed by atoms with E-state index in [1.165, 1.54) is 12.8 Å². The zero-order chi connectivity index (χ0) is 14.8. The van der Waals surface area contributed by atoms with Crippen molar-refractivity contribution in [3.05, 3.63) is 0 Å². The van der Waals surface area contributed by atoms with Crippen molar-refractivity contribution in [1.29, 1.82) is 0 Å². The van der Waals surface area contributed by atoms with Gasteiger partial charge in [-0.05, 0) is 37.1 Å². The third-order valence-electron chi connectivity index (χ3n) is 4.64. The SMILES string of the molecule is CC1(C)CCCNC1CNC(=O)CC1CCS(=O)(=O)C1. The third-order valence-corrected chi connectivity index (χ3v) is 6.47. The lowest BCUT2D eigenvalue weighted by Crippen LogP contribution is -2.52. The Morgan fingerprint density at radius 1 is 1.40 bits per heavy atom. The van der Waals surface area contributed by atoms with Crippen molar-refractivity contribution < 1.29 is 13.2 Å². The van der Waals surface area contributed by atoms with Crippen molar-refractivity contribution in [2.24, 2.45) is 11.3 Å². The molecule has 0 aromatic carbocycles. The maximum absolute atomic E-state index is 11.9. The van der Waals surface area contributed by atoms with E-state index in [2.05, 4.69) is 24.5 Å². The molecule has 0 radical (unpaired) electrons. The summed E-state index contributed by atoms with van der Waals surface area (Å²) < 4.78 is 22.7. The van der Waals surface area contributed by atoms with Crippen LogP contribution in [0.4, 0.5) is 0 Å². The lowest BCUT2D eigenvalue weighted by molar-refractivity contribution is -0.122. The minimum Gasteiger partial charge on any atom is -0.355 e. The highest BCUT2D eigenvalue weighted by molar-refractivity contribution is 7.91. The largest absolute Gasteiger partial charge is 0.355 e. The Morgan fingerprint density at radius 3 is 2.75 bits per heavy atom. The first-order valence-electron chi connectivity index (χ1n) is 7.49. The molecule has 2 unspecified atom stereocenters. The number of hydrogen-bond acceptors (Lipinski definition) is 4. The number of nitrogens with one attached hydrogen (secondary N) is 2. The van der Waals surface area contributed by atoms with Gasteiger partial charge in [-0.2, -0.15) is 0 Å². The van der Waals surface area contributed by atoms with Crippen LogP contribution in [0.3, 0.4) is 0 Å². The fourth-order valence-electron chi connectivity index (χ4n) is 3.20. The van der Waals surface area contributed by atoms with E-state index in [9.17, 15) is 13.2 Å². The van der Waals surface area contributed by atoms with Gasteiger partial charge in [0.15, 0.2) is 9.84 Å². The summed E-state index contributed by atoms with van der Waals surface area (Å²) in [6, 6.07) is 0.299. The quantitative estimate of drug-likeness (QED) is 0.802. The van der Waals surface area contributed by atoms with Gasteiger partial charge in [-0.1, -0.05) is 13.8 Å². The summed E-state index contributed by atoms with van der Waals surface area (Å²) >= 11 is 0.